The molecule has 1 fully saturated rings. The monoisotopic (exact) mass is 420 g/mol. The molecule has 1 aliphatic rings. The first-order valence-corrected chi connectivity index (χ1v) is 10.9. The largest absolute Gasteiger partial charge is 0.497 e. The van der Waals surface area contributed by atoms with Crippen molar-refractivity contribution < 1.29 is 22.3 Å². The van der Waals surface area contributed by atoms with Gasteiger partial charge < -0.3 is 9.64 Å². The topological polar surface area (TPSA) is 75.7 Å². The third kappa shape index (κ3) is 4.87. The molecule has 0 radical (unpaired) electrons. The summed E-state index contributed by atoms with van der Waals surface area (Å²) in [5, 5.41) is 0. The molecule has 0 bridgehead atoms. The minimum Gasteiger partial charge on any atom is -0.497 e. The normalized spacial score (nSPS) is 19.7. The minimum absolute atomic E-state index is 0.155. The van der Waals surface area contributed by atoms with Crippen molar-refractivity contribution in [3.63, 3.8) is 0 Å². The maximum Gasteiger partial charge on any atom is 0.264 e. The van der Waals surface area contributed by atoms with Gasteiger partial charge in [0.15, 0.2) is 0 Å². The van der Waals surface area contributed by atoms with E-state index in [1.165, 1.54) is 25.3 Å². The van der Waals surface area contributed by atoms with Crippen LogP contribution < -0.4 is 9.46 Å². The van der Waals surface area contributed by atoms with E-state index in [1.807, 2.05) is 0 Å². The van der Waals surface area contributed by atoms with Crippen LogP contribution in [0.5, 0.6) is 5.75 Å². The Morgan fingerprint density at radius 1 is 1.10 bits per heavy atom. The van der Waals surface area contributed by atoms with Gasteiger partial charge in [-0.1, -0.05) is 13.8 Å². The Balaban J connectivity index is 1.86. The number of likely N-dealkylation sites (tertiary alicyclic amines) is 1. The highest BCUT2D eigenvalue weighted by Crippen LogP contribution is 2.25. The number of anilines is 1. The number of methoxy groups -OCH3 is 1. The van der Waals surface area contributed by atoms with Crippen LogP contribution in [-0.4, -0.2) is 39.4 Å². The fourth-order valence-corrected chi connectivity index (χ4v) is 4.89. The molecule has 6 nitrogen and oxygen atoms in total. The predicted molar refractivity (Wildman–Crippen MR) is 109 cm³/mol. The van der Waals surface area contributed by atoms with Gasteiger partial charge in [-0.2, -0.15) is 0 Å². The number of sulfonamides is 1. The molecule has 156 valence electrons. The number of carbonyl (C=O) groups is 1. The van der Waals surface area contributed by atoms with E-state index >= 15 is 0 Å². The second-order valence-electron chi connectivity index (χ2n) is 7.64. The Labute approximate surface area is 170 Å². The van der Waals surface area contributed by atoms with Gasteiger partial charge in [0, 0.05) is 24.3 Å². The summed E-state index contributed by atoms with van der Waals surface area (Å²) in [6, 6.07) is 9.66. The molecule has 1 aliphatic heterocycles. The van der Waals surface area contributed by atoms with Crippen LogP contribution in [0.4, 0.5) is 10.1 Å². The molecule has 2 aromatic rings. The molecule has 0 spiro atoms. The second kappa shape index (κ2) is 8.41. The van der Waals surface area contributed by atoms with Gasteiger partial charge in [0.2, 0.25) is 0 Å². The Kier molecular flexibility index (Phi) is 6.12. The van der Waals surface area contributed by atoms with Crippen LogP contribution in [0.3, 0.4) is 0 Å². The summed E-state index contributed by atoms with van der Waals surface area (Å²) in [4.78, 5) is 14.0. The number of benzene rings is 2. The van der Waals surface area contributed by atoms with Crippen LogP contribution >= 0.6 is 0 Å². The van der Waals surface area contributed by atoms with Gasteiger partial charge in [-0.25, -0.2) is 12.8 Å². The van der Waals surface area contributed by atoms with Crippen molar-refractivity contribution in [3.05, 3.63) is 53.8 Å². The molecule has 1 saturated heterocycles. The molecule has 0 saturated carbocycles. The molecular formula is C21H25FN2O4S. The van der Waals surface area contributed by atoms with E-state index in [1.54, 1.807) is 17.0 Å². The number of hydrogen-bond acceptors (Lipinski definition) is 4. The van der Waals surface area contributed by atoms with Crippen molar-refractivity contribution >= 4 is 21.6 Å². The van der Waals surface area contributed by atoms with Gasteiger partial charge in [-0.05, 0) is 60.7 Å². The average molecular weight is 421 g/mol. The van der Waals surface area contributed by atoms with Crippen molar-refractivity contribution in [2.45, 2.75) is 25.2 Å². The van der Waals surface area contributed by atoms with Gasteiger partial charge >= 0.3 is 0 Å². The lowest BCUT2D eigenvalue weighted by Gasteiger charge is -2.35. The lowest BCUT2D eigenvalue weighted by molar-refractivity contribution is 0.0623. The van der Waals surface area contributed by atoms with Crippen molar-refractivity contribution in [1.29, 1.82) is 0 Å². The van der Waals surface area contributed by atoms with E-state index in [9.17, 15) is 17.6 Å². The lowest BCUT2D eigenvalue weighted by atomic mass is 9.91. The number of carbonyl (C=O) groups excluding carboxylic acids is 1. The Morgan fingerprint density at radius 3 is 2.31 bits per heavy atom. The molecule has 8 heteroatoms. The van der Waals surface area contributed by atoms with Crippen LogP contribution in [0.15, 0.2) is 47.4 Å². The van der Waals surface area contributed by atoms with Crippen LogP contribution in [0.25, 0.3) is 0 Å². The number of nitrogens with one attached hydrogen (secondary N) is 1. The molecular weight excluding hydrogens is 395 g/mol. The maximum atomic E-state index is 14.4. The first kappa shape index (κ1) is 21.1. The van der Waals surface area contributed by atoms with E-state index in [4.69, 9.17) is 4.74 Å². The van der Waals surface area contributed by atoms with Crippen molar-refractivity contribution in [2.75, 3.05) is 24.9 Å². The summed E-state index contributed by atoms with van der Waals surface area (Å²) in [6.45, 7) is 5.37. The highest BCUT2D eigenvalue weighted by Gasteiger charge is 2.28. The van der Waals surface area contributed by atoms with E-state index < -0.39 is 20.7 Å². The third-order valence-electron chi connectivity index (χ3n) is 4.97. The molecule has 2 unspecified atom stereocenters. The smallest absolute Gasteiger partial charge is 0.264 e. The van der Waals surface area contributed by atoms with Gasteiger partial charge in [-0.15, -0.1) is 0 Å². The first-order chi connectivity index (χ1) is 13.7. The molecule has 0 aliphatic carbocycles. The predicted octanol–water partition coefficient (Wildman–Crippen LogP) is 3.75. The van der Waals surface area contributed by atoms with Crippen LogP contribution in [-0.2, 0) is 10.0 Å². The number of halogens is 1. The highest BCUT2D eigenvalue weighted by atomic mass is 32.2. The molecule has 0 aromatic heterocycles. The summed E-state index contributed by atoms with van der Waals surface area (Å²) in [6.07, 6.45) is 1.04. The second-order valence-corrected chi connectivity index (χ2v) is 9.29. The molecule has 1 N–H and O–H groups in total. The van der Waals surface area contributed by atoms with Crippen LogP contribution in [0.2, 0.25) is 0 Å². The van der Waals surface area contributed by atoms with Gasteiger partial charge in [0.25, 0.3) is 15.9 Å². The van der Waals surface area contributed by atoms with E-state index in [0.29, 0.717) is 30.7 Å². The Morgan fingerprint density at radius 2 is 1.72 bits per heavy atom. The molecule has 1 heterocycles. The average Bonchev–Trinajstić information content (AvgIpc) is 2.67. The zero-order valence-electron chi connectivity index (χ0n) is 16.7. The SMILES string of the molecule is COc1ccc(NS(=O)(=O)c2cc(C(=O)N3CC(C)CC(C)C3)ccc2F)cc1. The minimum atomic E-state index is -4.21. The molecule has 1 amide bonds. The standard InChI is InChI=1S/C21H25FN2O4S/c1-14-10-15(2)13-24(12-14)21(25)16-4-9-19(22)20(11-16)29(26,27)23-17-5-7-18(28-3)8-6-17/h4-9,11,14-15,23H,10,12-13H2,1-3H3. The molecule has 2 atom stereocenters. The van der Waals surface area contributed by atoms with Gasteiger partial charge in [-0.3, -0.25) is 9.52 Å². The van der Waals surface area contributed by atoms with Gasteiger partial charge in [0.1, 0.15) is 16.5 Å². The number of hydrogen-bond donors (Lipinski definition) is 1. The van der Waals surface area contributed by atoms with E-state index in [-0.39, 0.29) is 17.2 Å². The summed E-state index contributed by atoms with van der Waals surface area (Å²) in [5.41, 5.74) is 0.420. The van der Waals surface area contributed by atoms with Crippen molar-refractivity contribution in [2.24, 2.45) is 11.8 Å². The highest BCUT2D eigenvalue weighted by molar-refractivity contribution is 7.92. The number of nitrogens with zero attached hydrogens (tertiary/aromatic N) is 1. The Bertz CT molecular complexity index is 982. The maximum absolute atomic E-state index is 14.4. The summed E-state index contributed by atoms with van der Waals surface area (Å²) < 4.78 is 47.2. The Hall–Kier alpha value is -2.61. The summed E-state index contributed by atoms with van der Waals surface area (Å²) in [7, 11) is -2.71. The van der Waals surface area contributed by atoms with Crippen LogP contribution in [0, 0.1) is 17.7 Å². The lowest BCUT2D eigenvalue weighted by Crippen LogP contribution is -2.42. The van der Waals surface area contributed by atoms with Crippen molar-refractivity contribution in [3.8, 4) is 5.75 Å². The zero-order chi connectivity index (χ0) is 21.2. The van der Waals surface area contributed by atoms with E-state index in [2.05, 4.69) is 18.6 Å². The number of rotatable bonds is 5. The number of amides is 1. The summed E-state index contributed by atoms with van der Waals surface area (Å²) in [5.74, 6) is 0.0927. The fraction of sp³-hybridized carbons (Fsp3) is 0.381. The molecule has 3 rings (SSSR count). The van der Waals surface area contributed by atoms with E-state index in [0.717, 1.165) is 18.6 Å². The fourth-order valence-electron chi connectivity index (χ4n) is 3.72. The third-order valence-corrected chi connectivity index (χ3v) is 6.36. The number of ether oxygens (including phenoxy) is 1. The van der Waals surface area contributed by atoms with Gasteiger partial charge in [0.05, 0.1) is 7.11 Å². The summed E-state index contributed by atoms with van der Waals surface area (Å²) >= 11 is 0. The van der Waals surface area contributed by atoms with Crippen molar-refractivity contribution in [1.82, 2.24) is 4.90 Å². The van der Waals surface area contributed by atoms with Crippen LogP contribution in [0.1, 0.15) is 30.6 Å². The number of piperidine rings is 1. The zero-order valence-corrected chi connectivity index (χ0v) is 17.5. The molecule has 2 aromatic carbocycles. The first-order valence-electron chi connectivity index (χ1n) is 9.45. The quantitative estimate of drug-likeness (QED) is 0.799. The molecule has 29 heavy (non-hydrogen) atoms.